The molecule has 6 nitrogen and oxygen atoms in total. The number of nitrogens with zero attached hydrogens (tertiary/aromatic N) is 1. The smallest absolute Gasteiger partial charge is 0.387 e. The zero-order chi connectivity index (χ0) is 23.6. The lowest BCUT2D eigenvalue weighted by Gasteiger charge is -2.30. The Bertz CT molecular complexity index is 1280. The van der Waals surface area contributed by atoms with Crippen LogP contribution in [0.5, 0.6) is 5.75 Å². The summed E-state index contributed by atoms with van der Waals surface area (Å²) in [6.07, 6.45) is 1.47. The first kappa shape index (κ1) is 23.0. The third-order valence-corrected chi connectivity index (χ3v) is 7.31. The minimum Gasteiger partial charge on any atom is -0.435 e. The van der Waals surface area contributed by atoms with Crippen molar-refractivity contribution in [1.82, 2.24) is 0 Å². The van der Waals surface area contributed by atoms with E-state index in [4.69, 9.17) is 11.6 Å². The second-order valence-corrected chi connectivity index (χ2v) is 9.58. The van der Waals surface area contributed by atoms with Gasteiger partial charge in [0.15, 0.2) is 0 Å². The second kappa shape index (κ2) is 9.36. The number of hydrogen-bond acceptors (Lipinski definition) is 4. The molecule has 0 spiro atoms. The molecular weight excluding hydrogens is 474 g/mol. The van der Waals surface area contributed by atoms with Crippen LogP contribution in [0, 0.1) is 0 Å². The summed E-state index contributed by atoms with van der Waals surface area (Å²) in [6.45, 7) is -2.63. The molecule has 3 aromatic carbocycles. The number of benzene rings is 3. The second-order valence-electron chi connectivity index (χ2n) is 7.31. The summed E-state index contributed by atoms with van der Waals surface area (Å²) in [4.78, 5) is 12.7. The van der Waals surface area contributed by atoms with E-state index in [1.807, 2.05) is 12.1 Å². The summed E-state index contributed by atoms with van der Waals surface area (Å²) in [7, 11) is -3.93. The van der Waals surface area contributed by atoms with E-state index in [2.05, 4.69) is 10.1 Å². The average molecular weight is 493 g/mol. The molecule has 0 aromatic heterocycles. The van der Waals surface area contributed by atoms with Crippen LogP contribution in [0.2, 0.25) is 5.02 Å². The molecule has 33 heavy (non-hydrogen) atoms. The van der Waals surface area contributed by atoms with Gasteiger partial charge in [-0.05, 0) is 66.9 Å². The summed E-state index contributed by atoms with van der Waals surface area (Å²) >= 11 is 6.18. The number of nitrogens with one attached hydrogen (secondary N) is 1. The lowest BCUT2D eigenvalue weighted by atomic mass is 10.0. The van der Waals surface area contributed by atoms with Gasteiger partial charge in [-0.3, -0.25) is 9.10 Å². The van der Waals surface area contributed by atoms with Gasteiger partial charge in [0.2, 0.25) is 0 Å². The first-order valence-corrected chi connectivity index (χ1v) is 11.8. The van der Waals surface area contributed by atoms with E-state index in [0.29, 0.717) is 24.3 Å². The van der Waals surface area contributed by atoms with Gasteiger partial charge >= 0.3 is 6.61 Å². The van der Waals surface area contributed by atoms with Crippen LogP contribution in [0.25, 0.3) is 0 Å². The number of fused-ring (bicyclic) bond motifs is 1. The van der Waals surface area contributed by atoms with Crippen molar-refractivity contribution >= 4 is 38.9 Å². The maximum Gasteiger partial charge on any atom is 0.387 e. The van der Waals surface area contributed by atoms with Gasteiger partial charge in [-0.25, -0.2) is 8.42 Å². The van der Waals surface area contributed by atoms with Crippen molar-refractivity contribution in [2.24, 2.45) is 0 Å². The number of carbonyl (C=O) groups is 1. The Morgan fingerprint density at radius 3 is 2.52 bits per heavy atom. The van der Waals surface area contributed by atoms with Gasteiger partial charge < -0.3 is 10.1 Å². The number of aryl methyl sites for hydroxylation is 1. The van der Waals surface area contributed by atoms with Crippen LogP contribution in [0.4, 0.5) is 20.2 Å². The van der Waals surface area contributed by atoms with Crippen molar-refractivity contribution in [3.05, 3.63) is 82.9 Å². The maximum absolute atomic E-state index is 13.4. The highest BCUT2D eigenvalue weighted by Gasteiger charge is 2.30. The first-order chi connectivity index (χ1) is 15.8. The van der Waals surface area contributed by atoms with E-state index in [0.717, 1.165) is 12.0 Å². The number of ether oxygens (including phenoxy) is 1. The van der Waals surface area contributed by atoms with E-state index in [-0.39, 0.29) is 21.2 Å². The zero-order valence-corrected chi connectivity index (χ0v) is 18.7. The quantitative estimate of drug-likeness (QED) is 0.504. The standard InChI is InChI=1S/C23H19ClF2N2O4S/c24-20-12-11-18(33(30,31)28-13-3-5-15-4-1-2-6-21(15)28)14-19(20)22(29)27-16-7-9-17(10-8-16)32-23(25)26/h1-2,4,6-12,14,23H,3,5,13H2,(H,27,29). The Morgan fingerprint density at radius 1 is 1.06 bits per heavy atom. The molecule has 1 N–H and O–H groups in total. The number of alkyl halides is 2. The van der Waals surface area contributed by atoms with Crippen LogP contribution in [-0.4, -0.2) is 27.5 Å². The molecule has 1 aliphatic rings. The van der Waals surface area contributed by atoms with Gasteiger partial charge in [0.1, 0.15) is 5.75 Å². The summed E-state index contributed by atoms with van der Waals surface area (Å²) in [5.41, 5.74) is 1.83. The molecule has 3 aromatic rings. The average Bonchev–Trinajstić information content (AvgIpc) is 2.79. The summed E-state index contributed by atoms with van der Waals surface area (Å²) < 4.78 is 57.0. The van der Waals surface area contributed by atoms with Gasteiger partial charge in [-0.15, -0.1) is 0 Å². The van der Waals surface area contributed by atoms with Gasteiger partial charge in [0.25, 0.3) is 15.9 Å². The zero-order valence-electron chi connectivity index (χ0n) is 17.2. The van der Waals surface area contributed by atoms with Crippen molar-refractivity contribution < 1.29 is 26.7 Å². The lowest BCUT2D eigenvalue weighted by molar-refractivity contribution is -0.0498. The number of halogens is 3. The van der Waals surface area contributed by atoms with E-state index in [1.54, 1.807) is 12.1 Å². The van der Waals surface area contributed by atoms with Gasteiger partial charge in [0, 0.05) is 12.2 Å². The molecule has 0 fully saturated rings. The Kier molecular flexibility index (Phi) is 6.53. The molecule has 1 amide bonds. The number of hydrogen-bond donors (Lipinski definition) is 1. The molecule has 0 saturated heterocycles. The van der Waals surface area contributed by atoms with Crippen molar-refractivity contribution in [3.8, 4) is 5.75 Å². The van der Waals surface area contributed by atoms with E-state index < -0.39 is 22.5 Å². The maximum atomic E-state index is 13.4. The summed E-state index contributed by atoms with van der Waals surface area (Å²) in [6, 6.07) is 16.6. The fourth-order valence-corrected chi connectivity index (χ4v) is 5.40. The van der Waals surface area contributed by atoms with Crippen LogP contribution >= 0.6 is 11.6 Å². The first-order valence-electron chi connectivity index (χ1n) is 10.0. The molecule has 0 saturated carbocycles. The van der Waals surface area contributed by atoms with Crippen LogP contribution in [0.3, 0.4) is 0 Å². The number of para-hydroxylation sites is 1. The Hall–Kier alpha value is -3.17. The number of amides is 1. The Morgan fingerprint density at radius 2 is 1.79 bits per heavy atom. The molecule has 0 radical (unpaired) electrons. The van der Waals surface area contributed by atoms with Crippen LogP contribution < -0.4 is 14.4 Å². The lowest BCUT2D eigenvalue weighted by Crippen LogP contribution is -2.35. The van der Waals surface area contributed by atoms with Crippen molar-refractivity contribution in [1.29, 1.82) is 0 Å². The molecule has 4 rings (SSSR count). The number of carbonyl (C=O) groups excluding carboxylic acids is 1. The SMILES string of the molecule is O=C(Nc1ccc(OC(F)F)cc1)c1cc(S(=O)(=O)N2CCCc3ccccc32)ccc1Cl. The molecule has 0 unspecified atom stereocenters. The molecule has 172 valence electrons. The van der Waals surface area contributed by atoms with E-state index >= 15 is 0 Å². The van der Waals surface area contributed by atoms with Crippen molar-refractivity contribution in [3.63, 3.8) is 0 Å². The number of rotatable bonds is 6. The molecule has 1 heterocycles. The van der Waals surface area contributed by atoms with Crippen molar-refractivity contribution in [2.75, 3.05) is 16.2 Å². The fourth-order valence-electron chi connectivity index (χ4n) is 3.63. The van der Waals surface area contributed by atoms with Crippen molar-refractivity contribution in [2.45, 2.75) is 24.3 Å². The monoisotopic (exact) mass is 492 g/mol. The Labute approximate surface area is 194 Å². The highest BCUT2D eigenvalue weighted by Crippen LogP contribution is 2.33. The predicted octanol–water partition coefficient (Wildman–Crippen LogP) is 5.34. The normalized spacial score (nSPS) is 13.5. The van der Waals surface area contributed by atoms with Crippen LogP contribution in [-0.2, 0) is 16.4 Å². The molecule has 0 aliphatic carbocycles. The minimum absolute atomic E-state index is 0.0315. The highest BCUT2D eigenvalue weighted by molar-refractivity contribution is 7.92. The number of sulfonamides is 1. The highest BCUT2D eigenvalue weighted by atomic mass is 35.5. The van der Waals surface area contributed by atoms with Gasteiger partial charge in [-0.1, -0.05) is 29.8 Å². The molecular formula is C23H19ClF2N2O4S. The van der Waals surface area contributed by atoms with E-state index in [1.165, 1.54) is 46.8 Å². The van der Waals surface area contributed by atoms with Gasteiger partial charge in [0.05, 0.1) is 21.2 Å². The fraction of sp³-hybridized carbons (Fsp3) is 0.174. The van der Waals surface area contributed by atoms with Crippen LogP contribution in [0.15, 0.2) is 71.6 Å². The van der Waals surface area contributed by atoms with E-state index in [9.17, 15) is 22.0 Å². The molecule has 0 bridgehead atoms. The minimum atomic E-state index is -3.93. The molecule has 10 heteroatoms. The topological polar surface area (TPSA) is 75.7 Å². The largest absolute Gasteiger partial charge is 0.435 e. The third-order valence-electron chi connectivity index (χ3n) is 5.18. The van der Waals surface area contributed by atoms with Crippen LogP contribution in [0.1, 0.15) is 22.3 Å². The molecule has 1 aliphatic heterocycles. The van der Waals surface area contributed by atoms with Gasteiger partial charge in [-0.2, -0.15) is 8.78 Å². The predicted molar refractivity (Wildman–Crippen MR) is 122 cm³/mol. The Balaban J connectivity index is 1.60. The molecule has 0 atom stereocenters. The third kappa shape index (κ3) is 4.94. The number of anilines is 2. The summed E-state index contributed by atoms with van der Waals surface area (Å²) in [5.74, 6) is -0.699. The summed E-state index contributed by atoms with van der Waals surface area (Å²) in [5, 5.41) is 2.65.